The molecule has 25 heavy (non-hydrogen) atoms. The lowest BCUT2D eigenvalue weighted by Gasteiger charge is -2.16. The van der Waals surface area contributed by atoms with Crippen LogP contribution < -0.4 is 0 Å². The molecular weight excluding hydrogens is 322 g/mol. The Morgan fingerprint density at radius 1 is 1.32 bits per heavy atom. The molecule has 0 aliphatic carbocycles. The molecule has 134 valence electrons. The standard InChI is InChI=1S/C17H23N5O3/c1-11-7-13(25-20-11)8-12-9-21(10-14(12)23)17(24)16-19-18-15-5-3-2-4-6-22(15)16/h7,12,14,23H,2-6,8-10H2,1H3/t12-,14+/m1/s1. The van der Waals surface area contributed by atoms with Crippen LogP contribution in [0.2, 0.25) is 0 Å². The van der Waals surface area contributed by atoms with Crippen LogP contribution in [0.5, 0.6) is 0 Å². The second-order valence-corrected chi connectivity index (χ2v) is 7.08. The van der Waals surface area contributed by atoms with Crippen LogP contribution in [0.3, 0.4) is 0 Å². The number of fused-ring (bicyclic) bond motifs is 1. The van der Waals surface area contributed by atoms with Crippen molar-refractivity contribution in [3.05, 3.63) is 29.2 Å². The number of likely N-dealkylation sites (tertiary alicyclic amines) is 1. The zero-order valence-electron chi connectivity index (χ0n) is 14.4. The Morgan fingerprint density at radius 3 is 3.00 bits per heavy atom. The van der Waals surface area contributed by atoms with Crippen LogP contribution in [-0.2, 0) is 19.4 Å². The molecule has 1 N–H and O–H groups in total. The van der Waals surface area contributed by atoms with Gasteiger partial charge in [-0.1, -0.05) is 11.6 Å². The Balaban J connectivity index is 1.47. The van der Waals surface area contributed by atoms with E-state index in [0.29, 0.717) is 25.3 Å². The normalized spacial score (nSPS) is 23.5. The van der Waals surface area contributed by atoms with E-state index in [-0.39, 0.29) is 11.8 Å². The molecule has 2 atom stereocenters. The van der Waals surface area contributed by atoms with Crippen molar-refractivity contribution in [1.29, 1.82) is 0 Å². The summed E-state index contributed by atoms with van der Waals surface area (Å²) in [5.41, 5.74) is 0.821. The van der Waals surface area contributed by atoms with E-state index in [4.69, 9.17) is 4.52 Å². The van der Waals surface area contributed by atoms with Gasteiger partial charge in [0.2, 0.25) is 5.82 Å². The molecule has 1 amide bonds. The zero-order valence-corrected chi connectivity index (χ0v) is 14.4. The zero-order chi connectivity index (χ0) is 17.4. The van der Waals surface area contributed by atoms with Gasteiger partial charge in [-0.05, 0) is 19.8 Å². The Morgan fingerprint density at radius 2 is 2.20 bits per heavy atom. The van der Waals surface area contributed by atoms with Crippen molar-refractivity contribution >= 4 is 5.91 Å². The molecule has 8 nitrogen and oxygen atoms in total. The number of aliphatic hydroxyl groups is 1. The highest BCUT2D eigenvalue weighted by Gasteiger charge is 2.37. The summed E-state index contributed by atoms with van der Waals surface area (Å²) >= 11 is 0. The summed E-state index contributed by atoms with van der Waals surface area (Å²) in [5, 5.41) is 22.6. The first-order chi connectivity index (χ1) is 12.1. The van der Waals surface area contributed by atoms with E-state index in [0.717, 1.165) is 49.5 Å². The number of aryl methyl sites for hydroxylation is 2. The van der Waals surface area contributed by atoms with Crippen molar-refractivity contribution in [2.45, 2.75) is 51.7 Å². The Bertz CT molecular complexity index is 768. The number of aromatic nitrogens is 4. The first-order valence-corrected chi connectivity index (χ1v) is 8.93. The van der Waals surface area contributed by atoms with Crippen molar-refractivity contribution in [1.82, 2.24) is 24.8 Å². The summed E-state index contributed by atoms with van der Waals surface area (Å²) in [5.74, 6) is 1.85. The van der Waals surface area contributed by atoms with E-state index < -0.39 is 6.10 Å². The first kappa shape index (κ1) is 16.3. The summed E-state index contributed by atoms with van der Waals surface area (Å²) in [7, 11) is 0. The van der Waals surface area contributed by atoms with Gasteiger partial charge in [0, 0.05) is 44.5 Å². The highest BCUT2D eigenvalue weighted by molar-refractivity contribution is 5.91. The molecular formula is C17H23N5O3. The maximum Gasteiger partial charge on any atom is 0.291 e. The summed E-state index contributed by atoms with van der Waals surface area (Å²) < 4.78 is 7.19. The van der Waals surface area contributed by atoms with Crippen LogP contribution >= 0.6 is 0 Å². The number of hydrogen-bond donors (Lipinski definition) is 1. The lowest BCUT2D eigenvalue weighted by Crippen LogP contribution is -2.32. The van der Waals surface area contributed by atoms with Gasteiger partial charge in [0.15, 0.2) is 0 Å². The highest BCUT2D eigenvalue weighted by Crippen LogP contribution is 2.24. The van der Waals surface area contributed by atoms with E-state index in [1.807, 2.05) is 17.6 Å². The summed E-state index contributed by atoms with van der Waals surface area (Å²) in [6.07, 6.45) is 4.16. The summed E-state index contributed by atoms with van der Waals surface area (Å²) in [4.78, 5) is 14.6. The molecule has 2 aromatic heterocycles. The molecule has 0 aromatic carbocycles. The largest absolute Gasteiger partial charge is 0.391 e. The van der Waals surface area contributed by atoms with Gasteiger partial charge in [-0.15, -0.1) is 10.2 Å². The molecule has 0 saturated carbocycles. The summed E-state index contributed by atoms with van der Waals surface area (Å²) in [6.45, 7) is 3.46. The van der Waals surface area contributed by atoms with Crippen LogP contribution in [0.1, 0.15) is 47.2 Å². The van der Waals surface area contributed by atoms with Crippen LogP contribution in [0.15, 0.2) is 10.6 Å². The smallest absolute Gasteiger partial charge is 0.291 e. The third kappa shape index (κ3) is 3.18. The number of β-amino-alcohol motifs (C(OH)–C–C–N with tert-alkyl or cyclic N) is 1. The molecule has 1 saturated heterocycles. The van der Waals surface area contributed by atoms with Gasteiger partial charge in [0.1, 0.15) is 11.6 Å². The molecule has 2 aliphatic rings. The number of carbonyl (C=O) groups excluding carboxylic acids is 1. The quantitative estimate of drug-likeness (QED) is 0.890. The van der Waals surface area contributed by atoms with Gasteiger partial charge >= 0.3 is 0 Å². The third-order valence-corrected chi connectivity index (χ3v) is 5.13. The predicted molar refractivity (Wildman–Crippen MR) is 87.9 cm³/mol. The molecule has 0 unspecified atom stereocenters. The fraction of sp³-hybridized carbons (Fsp3) is 0.647. The van der Waals surface area contributed by atoms with E-state index in [1.54, 1.807) is 4.90 Å². The van der Waals surface area contributed by atoms with Crippen molar-refractivity contribution in [3.63, 3.8) is 0 Å². The van der Waals surface area contributed by atoms with Crippen LogP contribution in [0.25, 0.3) is 0 Å². The fourth-order valence-electron chi connectivity index (χ4n) is 3.78. The van der Waals surface area contributed by atoms with Crippen molar-refractivity contribution < 1.29 is 14.4 Å². The molecule has 0 radical (unpaired) electrons. The lowest BCUT2D eigenvalue weighted by molar-refractivity contribution is 0.0747. The molecule has 0 spiro atoms. The Kier molecular flexibility index (Phi) is 4.29. The lowest BCUT2D eigenvalue weighted by atomic mass is 10.0. The van der Waals surface area contributed by atoms with E-state index in [2.05, 4.69) is 15.4 Å². The average molecular weight is 345 g/mol. The van der Waals surface area contributed by atoms with Crippen molar-refractivity contribution in [2.24, 2.45) is 5.92 Å². The van der Waals surface area contributed by atoms with Gasteiger partial charge in [-0.2, -0.15) is 0 Å². The van der Waals surface area contributed by atoms with E-state index in [1.165, 1.54) is 0 Å². The topological polar surface area (TPSA) is 97.3 Å². The average Bonchev–Trinajstić information content (AvgIpc) is 3.23. The van der Waals surface area contributed by atoms with E-state index in [9.17, 15) is 9.90 Å². The van der Waals surface area contributed by atoms with Crippen LogP contribution in [0.4, 0.5) is 0 Å². The van der Waals surface area contributed by atoms with E-state index >= 15 is 0 Å². The number of nitrogens with zero attached hydrogens (tertiary/aromatic N) is 5. The maximum atomic E-state index is 12.9. The molecule has 8 heteroatoms. The van der Waals surface area contributed by atoms with Crippen LogP contribution in [0, 0.1) is 12.8 Å². The highest BCUT2D eigenvalue weighted by atomic mass is 16.5. The fourth-order valence-corrected chi connectivity index (χ4v) is 3.78. The number of hydrogen-bond acceptors (Lipinski definition) is 6. The van der Waals surface area contributed by atoms with Gasteiger partial charge in [0.05, 0.1) is 11.8 Å². The molecule has 4 heterocycles. The first-order valence-electron chi connectivity index (χ1n) is 8.93. The van der Waals surface area contributed by atoms with Gasteiger partial charge in [-0.3, -0.25) is 4.79 Å². The Labute approximate surface area is 145 Å². The third-order valence-electron chi connectivity index (χ3n) is 5.13. The molecule has 0 bridgehead atoms. The number of aliphatic hydroxyl groups excluding tert-OH is 1. The SMILES string of the molecule is Cc1cc(C[C@@H]2CN(C(=O)c3nnc4n3CCCCC4)C[C@@H]2O)on1. The van der Waals surface area contributed by atoms with Crippen LogP contribution in [-0.4, -0.2) is 55.0 Å². The minimum Gasteiger partial charge on any atom is -0.391 e. The van der Waals surface area contributed by atoms with Gasteiger partial charge < -0.3 is 19.1 Å². The molecule has 2 aliphatic heterocycles. The van der Waals surface area contributed by atoms with Gasteiger partial charge in [0.25, 0.3) is 5.91 Å². The molecule has 2 aromatic rings. The number of amides is 1. The van der Waals surface area contributed by atoms with Crippen molar-refractivity contribution in [3.8, 4) is 0 Å². The Hall–Kier alpha value is -2.22. The summed E-state index contributed by atoms with van der Waals surface area (Å²) in [6, 6.07) is 1.87. The maximum absolute atomic E-state index is 12.9. The van der Waals surface area contributed by atoms with Gasteiger partial charge in [-0.25, -0.2) is 0 Å². The second-order valence-electron chi connectivity index (χ2n) is 7.08. The molecule has 1 fully saturated rings. The number of rotatable bonds is 3. The molecule has 4 rings (SSSR count). The monoisotopic (exact) mass is 345 g/mol. The second kappa shape index (κ2) is 6.59. The minimum absolute atomic E-state index is 0.0529. The number of carbonyl (C=O) groups is 1. The minimum atomic E-state index is -0.569. The predicted octanol–water partition coefficient (Wildman–Crippen LogP) is 0.977. The van der Waals surface area contributed by atoms with Crippen molar-refractivity contribution in [2.75, 3.05) is 13.1 Å².